The molecule has 4 nitrogen and oxygen atoms in total. The van der Waals surface area contributed by atoms with Crippen molar-refractivity contribution in [2.24, 2.45) is 0 Å². The molecule has 0 aromatic heterocycles. The zero-order chi connectivity index (χ0) is 23.8. The van der Waals surface area contributed by atoms with Crippen LogP contribution in [0, 0.1) is 11.8 Å². The minimum Gasteiger partial charge on any atom is -0.388 e. The Bertz CT molecular complexity index is 550. The van der Waals surface area contributed by atoms with Crippen LogP contribution in [0.3, 0.4) is 0 Å². The fourth-order valence-electron chi connectivity index (χ4n) is 4.93. The van der Waals surface area contributed by atoms with Crippen molar-refractivity contribution in [1.82, 2.24) is 0 Å². The topological polar surface area (TPSA) is 47.9 Å². The Kier molecular flexibility index (Phi) is 14.7. The molecule has 2 fully saturated rings. The monoisotopic (exact) mass is 464 g/mol. The Labute approximate surface area is 204 Å². The van der Waals surface area contributed by atoms with E-state index in [1.165, 1.54) is 103 Å². The van der Waals surface area contributed by atoms with E-state index in [2.05, 4.69) is 18.8 Å². The maximum atomic E-state index is 10.5. The summed E-state index contributed by atoms with van der Waals surface area (Å²) in [6, 6.07) is 0. The molecule has 0 radical (unpaired) electrons. The van der Waals surface area contributed by atoms with Crippen LogP contribution in [0.1, 0.15) is 136 Å². The van der Waals surface area contributed by atoms with Gasteiger partial charge < -0.3 is 19.3 Å². The Balaban J connectivity index is 1.35. The third-order valence-corrected chi connectivity index (χ3v) is 7.03. The second-order valence-corrected chi connectivity index (χ2v) is 10.6. The van der Waals surface area contributed by atoms with Crippen LogP contribution >= 0.6 is 0 Å². The van der Waals surface area contributed by atoms with E-state index in [9.17, 15) is 5.11 Å². The first kappa shape index (κ1) is 28.6. The van der Waals surface area contributed by atoms with Gasteiger partial charge in [-0.15, -0.1) is 11.8 Å². The zero-order valence-electron chi connectivity index (χ0n) is 21.9. The van der Waals surface area contributed by atoms with Gasteiger partial charge in [0.1, 0.15) is 18.3 Å². The molecule has 192 valence electrons. The van der Waals surface area contributed by atoms with E-state index in [1.807, 2.05) is 13.8 Å². The van der Waals surface area contributed by atoms with E-state index in [0.29, 0.717) is 13.0 Å². The second kappa shape index (κ2) is 16.9. The molecule has 2 aliphatic rings. The van der Waals surface area contributed by atoms with E-state index in [1.54, 1.807) is 0 Å². The van der Waals surface area contributed by atoms with Crippen molar-refractivity contribution in [3.05, 3.63) is 0 Å². The molecule has 1 N–H and O–H groups in total. The average Bonchev–Trinajstić information content (AvgIpc) is 3.09. The number of aliphatic hydroxyl groups is 1. The summed E-state index contributed by atoms with van der Waals surface area (Å²) in [5, 5.41) is 10.5. The van der Waals surface area contributed by atoms with Crippen molar-refractivity contribution in [3.8, 4) is 11.8 Å². The number of hydrogen-bond acceptors (Lipinski definition) is 4. The molecule has 2 saturated heterocycles. The van der Waals surface area contributed by atoms with E-state index in [-0.39, 0.29) is 18.3 Å². The fraction of sp³-hybridized carbons (Fsp3) is 0.931. The summed E-state index contributed by atoms with van der Waals surface area (Å²) in [5.74, 6) is 5.82. The van der Waals surface area contributed by atoms with Crippen molar-refractivity contribution in [2.75, 3.05) is 6.61 Å². The summed E-state index contributed by atoms with van der Waals surface area (Å²) in [6.45, 7) is 6.51. The largest absolute Gasteiger partial charge is 0.388 e. The van der Waals surface area contributed by atoms with Crippen LogP contribution in [0.4, 0.5) is 0 Å². The predicted octanol–water partition coefficient (Wildman–Crippen LogP) is 7.31. The number of rotatable bonds is 17. The van der Waals surface area contributed by atoms with Gasteiger partial charge in [-0.2, -0.15) is 0 Å². The van der Waals surface area contributed by atoms with Gasteiger partial charge in [0, 0.05) is 12.8 Å². The van der Waals surface area contributed by atoms with Gasteiger partial charge in [0.15, 0.2) is 5.79 Å². The van der Waals surface area contributed by atoms with Gasteiger partial charge in [-0.1, -0.05) is 103 Å². The Morgan fingerprint density at radius 3 is 1.82 bits per heavy atom. The maximum absolute atomic E-state index is 10.5. The van der Waals surface area contributed by atoms with Crippen molar-refractivity contribution >= 4 is 0 Å². The zero-order valence-corrected chi connectivity index (χ0v) is 21.9. The van der Waals surface area contributed by atoms with Gasteiger partial charge in [-0.25, -0.2) is 0 Å². The van der Waals surface area contributed by atoms with E-state index in [4.69, 9.17) is 14.2 Å². The Morgan fingerprint density at radius 1 is 0.758 bits per heavy atom. The van der Waals surface area contributed by atoms with Crippen molar-refractivity contribution in [1.29, 1.82) is 0 Å². The normalized spacial score (nSPS) is 26.1. The molecule has 33 heavy (non-hydrogen) atoms. The number of fused-ring (bicyclic) bond motifs is 1. The van der Waals surface area contributed by atoms with Crippen molar-refractivity contribution < 1.29 is 19.3 Å². The molecule has 0 aromatic carbocycles. The second-order valence-electron chi connectivity index (χ2n) is 10.6. The Hall–Kier alpha value is -0.600. The molecule has 4 heteroatoms. The molecule has 2 heterocycles. The highest BCUT2D eigenvalue weighted by Gasteiger charge is 2.49. The van der Waals surface area contributed by atoms with Gasteiger partial charge in [0.05, 0.1) is 12.7 Å². The van der Waals surface area contributed by atoms with Gasteiger partial charge in [0.25, 0.3) is 0 Å². The molecular formula is C29H52O4. The molecule has 0 aliphatic carbocycles. The van der Waals surface area contributed by atoms with Crippen molar-refractivity contribution in [2.45, 2.75) is 167 Å². The fourth-order valence-corrected chi connectivity index (χ4v) is 4.93. The molecule has 0 saturated carbocycles. The van der Waals surface area contributed by atoms with Crippen LogP contribution in [0.2, 0.25) is 0 Å². The van der Waals surface area contributed by atoms with Crippen LogP contribution in [0.15, 0.2) is 0 Å². The summed E-state index contributed by atoms with van der Waals surface area (Å²) < 4.78 is 17.4. The predicted molar refractivity (Wildman–Crippen MR) is 136 cm³/mol. The van der Waals surface area contributed by atoms with Crippen LogP contribution < -0.4 is 0 Å². The molecular weight excluding hydrogens is 412 g/mol. The lowest BCUT2D eigenvalue weighted by Crippen LogP contribution is -2.50. The first-order valence-corrected chi connectivity index (χ1v) is 14.1. The minimum atomic E-state index is -0.653. The van der Waals surface area contributed by atoms with E-state index < -0.39 is 11.9 Å². The lowest BCUT2D eigenvalue weighted by Gasteiger charge is -2.37. The SMILES string of the molecule is CCCCCCCCCCCCCCCCCCC#CC[C@@H]1O[C@H]2COC(C)(C)O[C@H]2[C@@H]1O. The molecule has 0 spiro atoms. The standard InChI is InChI=1S/C29H52O4/c1-4-5-6-7-8-9-10-11-12-13-14-15-16-17-18-19-20-21-22-23-25-27(30)28-26(32-25)24-31-29(2,3)33-28/h25-28,30H,4-20,23-24H2,1-3H3/t25-,26-,27+,28+/m0/s1. The molecule has 2 aliphatic heterocycles. The number of hydrogen-bond donors (Lipinski definition) is 1. The molecule has 4 atom stereocenters. The molecule has 0 amide bonds. The van der Waals surface area contributed by atoms with E-state index in [0.717, 1.165) is 6.42 Å². The average molecular weight is 465 g/mol. The number of ether oxygens (including phenoxy) is 3. The van der Waals surface area contributed by atoms with Gasteiger partial charge in [-0.05, 0) is 20.3 Å². The Morgan fingerprint density at radius 2 is 1.27 bits per heavy atom. The quantitative estimate of drug-likeness (QED) is 0.181. The first-order valence-electron chi connectivity index (χ1n) is 14.1. The van der Waals surface area contributed by atoms with E-state index >= 15 is 0 Å². The highest BCUT2D eigenvalue weighted by Crippen LogP contribution is 2.34. The minimum absolute atomic E-state index is 0.180. The van der Waals surface area contributed by atoms with Crippen LogP contribution in [0.25, 0.3) is 0 Å². The lowest BCUT2D eigenvalue weighted by atomic mass is 10.0. The number of unbranched alkanes of at least 4 members (excludes halogenated alkanes) is 16. The van der Waals surface area contributed by atoms with Crippen LogP contribution in [-0.4, -0.2) is 41.9 Å². The highest BCUT2D eigenvalue weighted by atomic mass is 16.7. The van der Waals surface area contributed by atoms with Gasteiger partial charge in [0.2, 0.25) is 0 Å². The summed E-state index contributed by atoms with van der Waals surface area (Å²) in [4.78, 5) is 0. The highest BCUT2D eigenvalue weighted by molar-refractivity contribution is 5.05. The summed E-state index contributed by atoms with van der Waals surface area (Å²) in [6.07, 6.45) is 22.4. The molecule has 0 bridgehead atoms. The molecule has 0 aromatic rings. The summed E-state index contributed by atoms with van der Waals surface area (Å²) in [7, 11) is 0. The summed E-state index contributed by atoms with van der Waals surface area (Å²) >= 11 is 0. The smallest absolute Gasteiger partial charge is 0.163 e. The summed E-state index contributed by atoms with van der Waals surface area (Å²) in [5.41, 5.74) is 0. The third kappa shape index (κ3) is 12.1. The third-order valence-electron chi connectivity index (χ3n) is 7.03. The van der Waals surface area contributed by atoms with Crippen LogP contribution in [0.5, 0.6) is 0 Å². The van der Waals surface area contributed by atoms with Crippen LogP contribution in [-0.2, 0) is 14.2 Å². The van der Waals surface area contributed by atoms with Gasteiger partial charge >= 0.3 is 0 Å². The number of aliphatic hydroxyl groups excluding tert-OH is 1. The first-order chi connectivity index (χ1) is 16.0. The lowest BCUT2D eigenvalue weighted by molar-refractivity contribution is -0.300. The maximum Gasteiger partial charge on any atom is 0.163 e. The molecule has 0 unspecified atom stereocenters. The van der Waals surface area contributed by atoms with Crippen molar-refractivity contribution in [3.63, 3.8) is 0 Å². The molecule has 2 rings (SSSR count). The van der Waals surface area contributed by atoms with Gasteiger partial charge in [-0.3, -0.25) is 0 Å².